The third-order valence-electron chi connectivity index (χ3n) is 1.36. The van der Waals surface area contributed by atoms with Crippen molar-refractivity contribution in [1.82, 2.24) is 0 Å². The number of carbonyl (C=O) groups is 2. The third-order valence-corrected chi connectivity index (χ3v) is 3.21. The smallest absolute Gasteiger partial charge is 0.325 e. The second-order valence-corrected chi connectivity index (χ2v) is 6.56. The summed E-state index contributed by atoms with van der Waals surface area (Å²) in [7, 11) is -16.2. The fourth-order valence-corrected chi connectivity index (χ4v) is 2.10. The molecule has 0 rings (SSSR count). The van der Waals surface area contributed by atoms with Crippen LogP contribution in [0.3, 0.4) is 0 Å². The first kappa shape index (κ1) is 18.7. The Kier molecular flexibility index (Phi) is 5.58. The van der Waals surface area contributed by atoms with Crippen molar-refractivity contribution in [1.29, 1.82) is 0 Å². The van der Waals surface area contributed by atoms with Crippen molar-refractivity contribution in [2.24, 2.45) is 0 Å². The zero-order valence-electron chi connectivity index (χ0n) is 8.93. The van der Waals surface area contributed by atoms with Gasteiger partial charge in [-0.2, -0.15) is 25.3 Å². The van der Waals surface area contributed by atoms with E-state index >= 15 is 0 Å². The van der Waals surface area contributed by atoms with Crippen LogP contribution in [-0.4, -0.2) is 56.1 Å². The van der Waals surface area contributed by atoms with E-state index in [1.165, 1.54) is 0 Å². The average molecular weight is 358 g/mol. The number of hydrogen-bond acceptors (Lipinski definition) is 10. The van der Waals surface area contributed by atoms with E-state index in [0.29, 0.717) is 0 Å². The molecular weight excluding hydrogens is 352 g/mol. The van der Waals surface area contributed by atoms with E-state index in [0.717, 1.165) is 0 Å². The minimum Gasteiger partial charge on any atom is -0.325 e. The Morgan fingerprint density at radius 2 is 1.25 bits per heavy atom. The van der Waals surface area contributed by atoms with Gasteiger partial charge >= 0.3 is 32.7 Å². The van der Waals surface area contributed by atoms with Crippen LogP contribution in [0.2, 0.25) is 0 Å². The molecule has 20 heavy (non-hydrogen) atoms. The van der Waals surface area contributed by atoms with Gasteiger partial charge in [0.15, 0.2) is 5.25 Å². The van der Waals surface area contributed by atoms with Crippen molar-refractivity contribution in [2.75, 3.05) is 0 Å². The number of hydrogen-bond donors (Lipinski definition) is 3. The molecule has 0 saturated carbocycles. The Hall–Kier alpha value is -1.33. The van der Waals surface area contributed by atoms with Crippen LogP contribution in [0.4, 0.5) is 0 Å². The molecule has 0 bridgehead atoms. The van der Waals surface area contributed by atoms with Gasteiger partial charge in [0.05, 0.1) is 6.42 Å². The number of rotatable bonds is 6. The van der Waals surface area contributed by atoms with Crippen molar-refractivity contribution in [3.63, 3.8) is 0 Å². The Morgan fingerprint density at radius 3 is 1.55 bits per heavy atom. The first-order valence-electron chi connectivity index (χ1n) is 3.98. The van der Waals surface area contributed by atoms with Crippen LogP contribution in [0.1, 0.15) is 6.42 Å². The largest absolute Gasteiger partial charge is 0.449 e. The van der Waals surface area contributed by atoms with Gasteiger partial charge in [-0.15, -0.1) is 0 Å². The molecule has 0 aliphatic carbocycles. The summed E-state index contributed by atoms with van der Waals surface area (Å²) in [6, 6.07) is 0. The maximum Gasteiger partial charge on any atom is 0.449 e. The molecule has 118 valence electrons. The van der Waals surface area contributed by atoms with E-state index in [1.54, 1.807) is 0 Å². The van der Waals surface area contributed by atoms with Crippen LogP contribution in [-0.2, 0) is 48.9 Å². The van der Waals surface area contributed by atoms with E-state index in [-0.39, 0.29) is 0 Å². The first-order valence-corrected chi connectivity index (χ1v) is 8.22. The maximum absolute atomic E-state index is 11.0. The highest BCUT2D eigenvalue weighted by molar-refractivity contribution is 7.87. The van der Waals surface area contributed by atoms with Crippen molar-refractivity contribution in [3.8, 4) is 0 Å². The molecule has 0 radical (unpaired) electrons. The molecule has 0 aromatic heterocycles. The Labute approximate surface area is 112 Å². The molecule has 0 aliphatic heterocycles. The summed E-state index contributed by atoms with van der Waals surface area (Å²) < 4.78 is 93.2. The standard InChI is InChI=1S/C4H6O13S3/c5-3(16-19(10,11)12)1-2(18(7,8)9)4(6)17-20(13,14)15/h2H,1H2,(H,7,8,9)(H,10,11,12)(H,13,14,15). The predicted octanol–water partition coefficient (Wildman–Crippen LogP) is -2.68. The summed E-state index contributed by atoms with van der Waals surface area (Å²) in [5.74, 6) is -4.33. The SMILES string of the molecule is O=C(CC(C(=O)OS(=O)(=O)O)S(=O)(=O)O)OS(=O)(=O)O. The van der Waals surface area contributed by atoms with Crippen molar-refractivity contribution in [3.05, 3.63) is 0 Å². The van der Waals surface area contributed by atoms with Crippen molar-refractivity contribution in [2.45, 2.75) is 11.7 Å². The molecular formula is C4H6O13S3. The molecule has 0 spiro atoms. The summed E-state index contributed by atoms with van der Waals surface area (Å²) in [5, 5.41) is -2.90. The summed E-state index contributed by atoms with van der Waals surface area (Å²) in [6.45, 7) is 0. The van der Waals surface area contributed by atoms with Gasteiger partial charge in [-0.05, 0) is 0 Å². The van der Waals surface area contributed by atoms with E-state index in [4.69, 9.17) is 13.7 Å². The predicted molar refractivity (Wildman–Crippen MR) is 55.2 cm³/mol. The van der Waals surface area contributed by atoms with Crippen molar-refractivity contribution >= 4 is 42.9 Å². The highest BCUT2D eigenvalue weighted by Gasteiger charge is 2.38. The van der Waals surface area contributed by atoms with Crippen LogP contribution in [0.15, 0.2) is 0 Å². The Balaban J connectivity index is 5.23. The van der Waals surface area contributed by atoms with Gasteiger partial charge in [0.1, 0.15) is 0 Å². The molecule has 16 heteroatoms. The van der Waals surface area contributed by atoms with Gasteiger partial charge in [0.25, 0.3) is 10.1 Å². The fourth-order valence-electron chi connectivity index (χ4n) is 0.771. The molecule has 0 amide bonds. The van der Waals surface area contributed by atoms with E-state index in [1.807, 2.05) is 0 Å². The van der Waals surface area contributed by atoms with Crippen molar-refractivity contribution < 1.29 is 56.9 Å². The average Bonchev–Trinajstić information content (AvgIpc) is 2.05. The molecule has 0 aliphatic rings. The lowest BCUT2D eigenvalue weighted by atomic mass is 10.3. The molecule has 0 aromatic rings. The van der Waals surface area contributed by atoms with Crippen LogP contribution < -0.4 is 0 Å². The monoisotopic (exact) mass is 358 g/mol. The number of carbonyl (C=O) groups excluding carboxylic acids is 2. The minimum atomic E-state index is -5.44. The van der Waals surface area contributed by atoms with Gasteiger partial charge in [-0.25, -0.2) is 4.79 Å². The second-order valence-electron chi connectivity index (χ2n) is 2.92. The molecule has 0 fully saturated rings. The lowest BCUT2D eigenvalue weighted by Crippen LogP contribution is -2.35. The molecule has 0 aromatic carbocycles. The first-order chi connectivity index (χ1) is 8.62. The molecule has 0 heterocycles. The van der Waals surface area contributed by atoms with Gasteiger partial charge in [-0.3, -0.25) is 18.5 Å². The zero-order chi connectivity index (χ0) is 16.4. The van der Waals surface area contributed by atoms with E-state index in [2.05, 4.69) is 8.37 Å². The molecule has 3 N–H and O–H groups in total. The lowest BCUT2D eigenvalue weighted by Gasteiger charge is -2.10. The van der Waals surface area contributed by atoms with E-state index in [9.17, 15) is 34.8 Å². The van der Waals surface area contributed by atoms with Gasteiger partial charge < -0.3 is 8.37 Å². The van der Waals surface area contributed by atoms with Crippen LogP contribution >= 0.6 is 0 Å². The highest BCUT2D eigenvalue weighted by atomic mass is 32.3. The summed E-state index contributed by atoms with van der Waals surface area (Å²) in [6.07, 6.45) is -1.72. The summed E-state index contributed by atoms with van der Waals surface area (Å²) >= 11 is 0. The molecule has 13 nitrogen and oxygen atoms in total. The third kappa shape index (κ3) is 7.96. The van der Waals surface area contributed by atoms with Gasteiger partial charge in [-0.1, -0.05) is 0 Å². The molecule has 1 unspecified atom stereocenters. The quantitative estimate of drug-likeness (QED) is 0.413. The fraction of sp³-hybridized carbons (Fsp3) is 0.500. The second kappa shape index (κ2) is 5.97. The molecule has 1 atom stereocenters. The van der Waals surface area contributed by atoms with E-state index < -0.39 is 54.5 Å². The Bertz CT molecular complexity index is 693. The van der Waals surface area contributed by atoms with Gasteiger partial charge in [0.2, 0.25) is 0 Å². The maximum atomic E-state index is 11.0. The van der Waals surface area contributed by atoms with Gasteiger partial charge in [0, 0.05) is 0 Å². The summed E-state index contributed by atoms with van der Waals surface area (Å²) in [4.78, 5) is 21.8. The highest BCUT2D eigenvalue weighted by Crippen LogP contribution is 2.10. The zero-order valence-corrected chi connectivity index (χ0v) is 11.4. The normalized spacial score (nSPS) is 14.3. The topological polar surface area (TPSA) is 216 Å². The van der Waals surface area contributed by atoms with Crippen LogP contribution in [0.25, 0.3) is 0 Å². The lowest BCUT2D eigenvalue weighted by molar-refractivity contribution is -0.140. The Morgan fingerprint density at radius 1 is 0.850 bits per heavy atom. The minimum absolute atomic E-state index is 1.72. The summed E-state index contributed by atoms with van der Waals surface area (Å²) in [5.41, 5.74) is 0. The van der Waals surface area contributed by atoms with Crippen LogP contribution in [0, 0.1) is 0 Å². The molecule has 0 saturated heterocycles. The van der Waals surface area contributed by atoms with Crippen LogP contribution in [0.5, 0.6) is 0 Å².